The molecule has 0 amide bonds. The van der Waals surface area contributed by atoms with E-state index in [4.69, 9.17) is 15.0 Å². The van der Waals surface area contributed by atoms with Crippen LogP contribution in [0.2, 0.25) is 0 Å². The summed E-state index contributed by atoms with van der Waals surface area (Å²) in [4.78, 5) is 15.4. The minimum Gasteiger partial charge on any atom is -0.507 e. The van der Waals surface area contributed by atoms with Gasteiger partial charge < -0.3 is 5.11 Å². The Labute approximate surface area is 317 Å². The van der Waals surface area contributed by atoms with Crippen LogP contribution in [-0.2, 0) is 10.8 Å². The highest BCUT2D eigenvalue weighted by Gasteiger charge is 2.25. The van der Waals surface area contributed by atoms with Crippen molar-refractivity contribution in [3.05, 3.63) is 163 Å². The van der Waals surface area contributed by atoms with E-state index in [0.29, 0.717) is 11.4 Å². The van der Waals surface area contributed by atoms with Gasteiger partial charge >= 0.3 is 0 Å². The lowest BCUT2D eigenvalue weighted by atomic mass is 9.83. The van der Waals surface area contributed by atoms with Crippen LogP contribution in [0.5, 0.6) is 5.75 Å². The third-order valence-electron chi connectivity index (χ3n) is 10.1. The van der Waals surface area contributed by atoms with Gasteiger partial charge in [0, 0.05) is 28.5 Å². The molecule has 0 aliphatic heterocycles. The topological polar surface area (TPSA) is 63.8 Å². The molecular formula is C49H44N4O. The van der Waals surface area contributed by atoms with Gasteiger partial charge in [-0.25, -0.2) is 9.97 Å². The molecule has 0 saturated carbocycles. The number of hydrogen-bond donors (Lipinski definition) is 1. The van der Waals surface area contributed by atoms with Crippen molar-refractivity contribution in [1.82, 2.24) is 19.5 Å². The van der Waals surface area contributed by atoms with E-state index in [1.54, 1.807) is 6.07 Å². The average molecular weight is 705 g/mol. The molecule has 266 valence electrons. The Morgan fingerprint density at radius 3 is 1.72 bits per heavy atom. The van der Waals surface area contributed by atoms with E-state index in [2.05, 4.69) is 131 Å². The van der Waals surface area contributed by atoms with E-state index in [0.717, 1.165) is 67.2 Å². The number of imidazole rings is 1. The van der Waals surface area contributed by atoms with E-state index in [-0.39, 0.29) is 16.6 Å². The SMILES string of the molecule is CC(C)(C)c1cc(-c2ccccn2)cc(-c2cccc3c2nc(-c2cc(C(C)(C)C)ccc2O)n3-c2cc(-c3ccccc3)nc(-c3ccccc3)c2)c1. The number of aromatic hydroxyl groups is 1. The standard InChI is InChI=1S/C49H44N4O/c1-48(2,3)36-23-24-45(54)40(29-36)47-52-46-39(34-26-35(41-21-13-14-25-50-41)28-37(27-34)49(4,5)6)20-15-22-44(46)53(47)38-30-42(32-16-9-7-10-17-32)51-43(31-38)33-18-11-8-12-19-33/h7-31,54H,1-6H3. The van der Waals surface area contributed by atoms with E-state index < -0.39 is 0 Å². The van der Waals surface area contributed by atoms with Crippen molar-refractivity contribution < 1.29 is 5.11 Å². The predicted molar refractivity (Wildman–Crippen MR) is 223 cm³/mol. The van der Waals surface area contributed by atoms with E-state index in [1.165, 1.54) is 5.56 Å². The molecule has 0 aliphatic rings. The van der Waals surface area contributed by atoms with Crippen LogP contribution in [0.1, 0.15) is 52.7 Å². The molecule has 5 heteroatoms. The van der Waals surface area contributed by atoms with Gasteiger partial charge in [-0.05, 0) is 82.1 Å². The van der Waals surface area contributed by atoms with Gasteiger partial charge in [0.25, 0.3) is 0 Å². The molecule has 0 bridgehead atoms. The highest BCUT2D eigenvalue weighted by atomic mass is 16.3. The second kappa shape index (κ2) is 13.6. The molecule has 0 saturated heterocycles. The van der Waals surface area contributed by atoms with Gasteiger partial charge in [-0.3, -0.25) is 9.55 Å². The van der Waals surface area contributed by atoms with Crippen molar-refractivity contribution in [2.24, 2.45) is 0 Å². The third kappa shape index (κ3) is 6.69. The number of para-hydroxylation sites is 1. The first-order chi connectivity index (χ1) is 25.9. The van der Waals surface area contributed by atoms with Crippen molar-refractivity contribution in [3.8, 4) is 67.7 Å². The molecule has 5 nitrogen and oxygen atoms in total. The lowest BCUT2D eigenvalue weighted by Crippen LogP contribution is -2.11. The molecule has 8 aromatic rings. The average Bonchev–Trinajstić information content (AvgIpc) is 3.58. The molecule has 0 atom stereocenters. The zero-order valence-electron chi connectivity index (χ0n) is 31.7. The number of nitrogens with zero attached hydrogens (tertiary/aromatic N) is 4. The molecule has 0 unspecified atom stereocenters. The highest BCUT2D eigenvalue weighted by Crippen LogP contribution is 2.41. The number of rotatable bonds is 6. The highest BCUT2D eigenvalue weighted by molar-refractivity contribution is 5.97. The fraction of sp³-hybridized carbons (Fsp3) is 0.163. The second-order valence-electron chi connectivity index (χ2n) is 16.0. The monoisotopic (exact) mass is 704 g/mol. The summed E-state index contributed by atoms with van der Waals surface area (Å²) in [6, 6.07) is 49.9. The molecule has 0 fully saturated rings. The van der Waals surface area contributed by atoms with Crippen molar-refractivity contribution in [1.29, 1.82) is 0 Å². The molecule has 5 aromatic carbocycles. The summed E-state index contributed by atoms with van der Waals surface area (Å²) in [5, 5.41) is 11.6. The summed E-state index contributed by atoms with van der Waals surface area (Å²) < 4.78 is 2.19. The first-order valence-corrected chi connectivity index (χ1v) is 18.5. The third-order valence-corrected chi connectivity index (χ3v) is 10.1. The zero-order chi connectivity index (χ0) is 37.6. The fourth-order valence-corrected chi connectivity index (χ4v) is 7.01. The van der Waals surface area contributed by atoms with Crippen LogP contribution < -0.4 is 0 Å². The molecular weight excluding hydrogens is 661 g/mol. The molecule has 3 heterocycles. The first kappa shape index (κ1) is 34.7. The Morgan fingerprint density at radius 1 is 0.481 bits per heavy atom. The largest absolute Gasteiger partial charge is 0.507 e. The maximum atomic E-state index is 11.6. The number of fused-ring (bicyclic) bond motifs is 1. The summed E-state index contributed by atoms with van der Waals surface area (Å²) in [6.07, 6.45) is 1.84. The van der Waals surface area contributed by atoms with Gasteiger partial charge in [0.1, 0.15) is 11.6 Å². The Hall–Kier alpha value is -6.33. The Bertz CT molecular complexity index is 2550. The van der Waals surface area contributed by atoms with Crippen LogP contribution in [0, 0.1) is 0 Å². The summed E-state index contributed by atoms with van der Waals surface area (Å²) in [5.41, 5.74) is 13.2. The number of phenols is 1. The fourth-order valence-electron chi connectivity index (χ4n) is 7.01. The molecule has 3 aromatic heterocycles. The van der Waals surface area contributed by atoms with E-state index in [9.17, 15) is 5.11 Å². The van der Waals surface area contributed by atoms with Gasteiger partial charge in [-0.1, -0.05) is 133 Å². The van der Waals surface area contributed by atoms with E-state index >= 15 is 0 Å². The van der Waals surface area contributed by atoms with Gasteiger partial charge in [0.2, 0.25) is 0 Å². The van der Waals surface area contributed by atoms with Crippen molar-refractivity contribution in [2.45, 2.75) is 52.4 Å². The second-order valence-corrected chi connectivity index (χ2v) is 16.0. The van der Waals surface area contributed by atoms with E-state index in [1.807, 2.05) is 60.8 Å². The Morgan fingerprint density at radius 2 is 1.11 bits per heavy atom. The molecule has 0 radical (unpaired) electrons. The zero-order valence-corrected chi connectivity index (χ0v) is 31.7. The van der Waals surface area contributed by atoms with Crippen LogP contribution in [0.25, 0.3) is 73.0 Å². The van der Waals surface area contributed by atoms with Crippen LogP contribution in [0.15, 0.2) is 152 Å². The van der Waals surface area contributed by atoms with Gasteiger partial charge in [0.05, 0.1) is 39.4 Å². The van der Waals surface area contributed by atoms with Crippen LogP contribution in [0.3, 0.4) is 0 Å². The quantitative estimate of drug-likeness (QED) is 0.187. The van der Waals surface area contributed by atoms with Gasteiger partial charge in [-0.15, -0.1) is 0 Å². The first-order valence-electron chi connectivity index (χ1n) is 18.5. The summed E-state index contributed by atoms with van der Waals surface area (Å²) in [6.45, 7) is 13.3. The number of phenolic OH excluding ortho intramolecular Hbond substituents is 1. The smallest absolute Gasteiger partial charge is 0.149 e. The summed E-state index contributed by atoms with van der Waals surface area (Å²) in [5.74, 6) is 0.830. The lowest BCUT2D eigenvalue weighted by molar-refractivity contribution is 0.475. The van der Waals surface area contributed by atoms with Gasteiger partial charge in [-0.2, -0.15) is 0 Å². The van der Waals surface area contributed by atoms with Crippen molar-refractivity contribution in [2.75, 3.05) is 0 Å². The normalized spacial score (nSPS) is 12.0. The maximum Gasteiger partial charge on any atom is 0.149 e. The lowest BCUT2D eigenvalue weighted by Gasteiger charge is -2.21. The van der Waals surface area contributed by atoms with Crippen LogP contribution in [0.4, 0.5) is 0 Å². The molecule has 1 N–H and O–H groups in total. The maximum absolute atomic E-state index is 11.6. The molecule has 0 aliphatic carbocycles. The number of benzene rings is 5. The molecule has 0 spiro atoms. The number of hydrogen-bond acceptors (Lipinski definition) is 4. The minimum absolute atomic E-state index is 0.101. The van der Waals surface area contributed by atoms with Crippen molar-refractivity contribution >= 4 is 11.0 Å². The minimum atomic E-state index is -0.142. The van der Waals surface area contributed by atoms with Gasteiger partial charge in [0.15, 0.2) is 0 Å². The summed E-state index contributed by atoms with van der Waals surface area (Å²) in [7, 11) is 0. The Kier molecular flexibility index (Phi) is 8.74. The Balaban J connectivity index is 1.45. The van der Waals surface area contributed by atoms with Crippen molar-refractivity contribution in [3.63, 3.8) is 0 Å². The van der Waals surface area contributed by atoms with Crippen LogP contribution >= 0.6 is 0 Å². The number of pyridine rings is 2. The van der Waals surface area contributed by atoms with Crippen LogP contribution in [-0.4, -0.2) is 24.6 Å². The summed E-state index contributed by atoms with van der Waals surface area (Å²) >= 11 is 0. The molecule has 54 heavy (non-hydrogen) atoms. The molecule has 8 rings (SSSR count). The predicted octanol–water partition coefficient (Wildman–Crippen LogP) is 12.5. The number of aromatic nitrogens is 4.